The van der Waals surface area contributed by atoms with E-state index in [4.69, 9.17) is 0 Å². The standard InChI is InChI=1S/C15H30N2O/c1-4-15(18)12-7-14(16-13-5-6-13)10-17(9-12)8-11(2)3/h11-16,18H,4-10H2,1-3H3. The maximum atomic E-state index is 10.1. The Bertz CT molecular complexity index is 241. The van der Waals surface area contributed by atoms with Gasteiger partial charge in [-0.1, -0.05) is 20.8 Å². The van der Waals surface area contributed by atoms with E-state index in [1.54, 1.807) is 0 Å². The Kier molecular flexibility index (Phi) is 5.05. The number of nitrogens with zero attached hydrogens (tertiary/aromatic N) is 1. The Hall–Kier alpha value is -0.120. The summed E-state index contributed by atoms with van der Waals surface area (Å²) in [5.41, 5.74) is 0. The summed E-state index contributed by atoms with van der Waals surface area (Å²) >= 11 is 0. The molecule has 3 unspecified atom stereocenters. The van der Waals surface area contributed by atoms with Gasteiger partial charge in [0.2, 0.25) is 0 Å². The van der Waals surface area contributed by atoms with Gasteiger partial charge in [-0.25, -0.2) is 0 Å². The van der Waals surface area contributed by atoms with Gasteiger partial charge in [-0.15, -0.1) is 0 Å². The average molecular weight is 254 g/mol. The Morgan fingerprint density at radius 2 is 1.94 bits per heavy atom. The second-order valence-corrected chi connectivity index (χ2v) is 6.72. The molecule has 2 aliphatic rings. The molecule has 0 aromatic heterocycles. The van der Waals surface area contributed by atoms with Gasteiger partial charge in [-0.3, -0.25) is 0 Å². The van der Waals surface area contributed by atoms with Crippen LogP contribution in [0.3, 0.4) is 0 Å². The van der Waals surface area contributed by atoms with Crippen molar-refractivity contribution in [3.05, 3.63) is 0 Å². The van der Waals surface area contributed by atoms with E-state index in [1.807, 2.05) is 0 Å². The van der Waals surface area contributed by atoms with Crippen LogP contribution in [0, 0.1) is 11.8 Å². The molecule has 106 valence electrons. The lowest BCUT2D eigenvalue weighted by Crippen LogP contribution is -2.52. The summed E-state index contributed by atoms with van der Waals surface area (Å²) in [6.45, 7) is 10.1. The predicted octanol–water partition coefficient (Wildman–Crippen LogP) is 1.86. The number of rotatable bonds is 6. The lowest BCUT2D eigenvalue weighted by Gasteiger charge is -2.40. The number of nitrogens with one attached hydrogen (secondary N) is 1. The minimum Gasteiger partial charge on any atom is -0.393 e. The van der Waals surface area contributed by atoms with Crippen molar-refractivity contribution in [3.63, 3.8) is 0 Å². The summed E-state index contributed by atoms with van der Waals surface area (Å²) in [6.07, 6.45) is 4.61. The third kappa shape index (κ3) is 4.22. The van der Waals surface area contributed by atoms with E-state index < -0.39 is 0 Å². The third-order valence-corrected chi connectivity index (χ3v) is 4.19. The van der Waals surface area contributed by atoms with Crippen molar-refractivity contribution in [2.45, 2.75) is 64.6 Å². The maximum Gasteiger partial charge on any atom is 0.0578 e. The van der Waals surface area contributed by atoms with E-state index in [0.29, 0.717) is 17.9 Å². The van der Waals surface area contributed by atoms with Crippen LogP contribution in [0.15, 0.2) is 0 Å². The molecule has 1 saturated heterocycles. The summed E-state index contributed by atoms with van der Waals surface area (Å²) in [4.78, 5) is 2.55. The fraction of sp³-hybridized carbons (Fsp3) is 1.00. The second-order valence-electron chi connectivity index (χ2n) is 6.72. The zero-order chi connectivity index (χ0) is 13.1. The van der Waals surface area contributed by atoms with E-state index in [0.717, 1.165) is 32.0 Å². The summed E-state index contributed by atoms with van der Waals surface area (Å²) in [7, 11) is 0. The largest absolute Gasteiger partial charge is 0.393 e. The first-order valence-corrected chi connectivity index (χ1v) is 7.75. The first-order chi connectivity index (χ1) is 8.58. The molecule has 2 rings (SSSR count). The van der Waals surface area contributed by atoms with Gasteiger partial charge in [0.05, 0.1) is 6.10 Å². The zero-order valence-corrected chi connectivity index (χ0v) is 12.2. The van der Waals surface area contributed by atoms with Crippen LogP contribution in [0.1, 0.15) is 46.5 Å². The Morgan fingerprint density at radius 3 is 2.50 bits per heavy atom. The van der Waals surface area contributed by atoms with E-state index in [-0.39, 0.29) is 6.10 Å². The Morgan fingerprint density at radius 1 is 1.22 bits per heavy atom. The molecule has 1 heterocycles. The molecule has 0 amide bonds. The molecule has 2 fully saturated rings. The molecular weight excluding hydrogens is 224 g/mol. The van der Waals surface area contributed by atoms with Crippen molar-refractivity contribution in [1.29, 1.82) is 0 Å². The number of hydrogen-bond donors (Lipinski definition) is 2. The topological polar surface area (TPSA) is 35.5 Å². The second kappa shape index (κ2) is 6.36. The molecule has 1 saturated carbocycles. The van der Waals surface area contributed by atoms with E-state index in [2.05, 4.69) is 31.0 Å². The first kappa shape index (κ1) is 14.3. The van der Waals surface area contributed by atoms with Crippen LogP contribution in [-0.4, -0.2) is 47.8 Å². The molecule has 0 bridgehead atoms. The molecule has 0 aromatic rings. The van der Waals surface area contributed by atoms with Crippen molar-refractivity contribution in [2.75, 3.05) is 19.6 Å². The average Bonchev–Trinajstić information content (AvgIpc) is 3.10. The first-order valence-electron chi connectivity index (χ1n) is 7.75. The van der Waals surface area contributed by atoms with Crippen LogP contribution < -0.4 is 5.32 Å². The van der Waals surface area contributed by atoms with Crippen LogP contribution in [0.4, 0.5) is 0 Å². The Labute approximate surface area is 112 Å². The van der Waals surface area contributed by atoms with Crippen LogP contribution in [-0.2, 0) is 0 Å². The van der Waals surface area contributed by atoms with Crippen molar-refractivity contribution in [3.8, 4) is 0 Å². The molecule has 0 spiro atoms. The lowest BCUT2D eigenvalue weighted by atomic mass is 9.88. The molecule has 1 aliphatic heterocycles. The molecule has 18 heavy (non-hydrogen) atoms. The minimum atomic E-state index is -0.122. The van der Waals surface area contributed by atoms with Gasteiger partial charge >= 0.3 is 0 Å². The van der Waals surface area contributed by atoms with E-state index >= 15 is 0 Å². The van der Waals surface area contributed by atoms with Crippen LogP contribution in [0.5, 0.6) is 0 Å². The van der Waals surface area contributed by atoms with Gasteiger partial charge in [-0.05, 0) is 37.5 Å². The van der Waals surface area contributed by atoms with E-state index in [9.17, 15) is 5.11 Å². The van der Waals surface area contributed by atoms with Crippen molar-refractivity contribution in [1.82, 2.24) is 10.2 Å². The predicted molar refractivity (Wildman–Crippen MR) is 75.6 cm³/mol. The van der Waals surface area contributed by atoms with Crippen molar-refractivity contribution >= 4 is 0 Å². The van der Waals surface area contributed by atoms with Gasteiger partial charge in [0, 0.05) is 31.7 Å². The van der Waals surface area contributed by atoms with Crippen molar-refractivity contribution in [2.24, 2.45) is 11.8 Å². The molecular formula is C15H30N2O. The van der Waals surface area contributed by atoms with Gasteiger partial charge in [-0.2, -0.15) is 0 Å². The highest BCUT2D eigenvalue weighted by molar-refractivity contribution is 4.91. The minimum absolute atomic E-state index is 0.122. The van der Waals surface area contributed by atoms with Gasteiger partial charge in [0.1, 0.15) is 0 Å². The summed E-state index contributed by atoms with van der Waals surface area (Å²) in [5.74, 6) is 1.17. The molecule has 3 nitrogen and oxygen atoms in total. The number of likely N-dealkylation sites (tertiary alicyclic amines) is 1. The Balaban J connectivity index is 1.90. The highest BCUT2D eigenvalue weighted by Crippen LogP contribution is 2.26. The van der Waals surface area contributed by atoms with Crippen LogP contribution in [0.25, 0.3) is 0 Å². The fourth-order valence-electron chi connectivity index (χ4n) is 3.21. The highest BCUT2D eigenvalue weighted by Gasteiger charge is 2.33. The van der Waals surface area contributed by atoms with Gasteiger partial charge < -0.3 is 15.3 Å². The smallest absolute Gasteiger partial charge is 0.0578 e. The van der Waals surface area contributed by atoms with Crippen LogP contribution >= 0.6 is 0 Å². The maximum absolute atomic E-state index is 10.1. The van der Waals surface area contributed by atoms with Gasteiger partial charge in [0.25, 0.3) is 0 Å². The zero-order valence-electron chi connectivity index (χ0n) is 12.2. The number of aliphatic hydroxyl groups is 1. The number of hydrogen-bond acceptors (Lipinski definition) is 3. The van der Waals surface area contributed by atoms with Gasteiger partial charge in [0.15, 0.2) is 0 Å². The molecule has 3 atom stereocenters. The molecule has 0 radical (unpaired) electrons. The summed E-state index contributed by atoms with van der Waals surface area (Å²) < 4.78 is 0. The fourth-order valence-corrected chi connectivity index (χ4v) is 3.21. The highest BCUT2D eigenvalue weighted by atomic mass is 16.3. The van der Waals surface area contributed by atoms with Crippen molar-refractivity contribution < 1.29 is 5.11 Å². The summed E-state index contributed by atoms with van der Waals surface area (Å²) in [6, 6.07) is 1.37. The molecule has 1 aliphatic carbocycles. The summed E-state index contributed by atoms with van der Waals surface area (Å²) in [5, 5.41) is 13.9. The van der Waals surface area contributed by atoms with Crippen LogP contribution in [0.2, 0.25) is 0 Å². The SMILES string of the molecule is CCC(O)C1CC(NC2CC2)CN(CC(C)C)C1. The normalized spacial score (nSPS) is 31.8. The monoisotopic (exact) mass is 254 g/mol. The molecule has 0 aromatic carbocycles. The lowest BCUT2D eigenvalue weighted by molar-refractivity contribution is 0.0314. The van der Waals surface area contributed by atoms with E-state index in [1.165, 1.54) is 19.4 Å². The molecule has 3 heteroatoms. The number of piperidine rings is 1. The third-order valence-electron chi connectivity index (χ3n) is 4.19. The number of aliphatic hydroxyl groups excluding tert-OH is 1. The quantitative estimate of drug-likeness (QED) is 0.759. The molecule has 2 N–H and O–H groups in total.